The first kappa shape index (κ1) is 16.9. The molecule has 1 aromatic heterocycles. The zero-order chi connectivity index (χ0) is 14.8. The number of halogens is 1. The predicted molar refractivity (Wildman–Crippen MR) is 92.6 cm³/mol. The Balaban J connectivity index is 0.00000176. The zero-order valence-corrected chi connectivity index (χ0v) is 14.1. The number of likely N-dealkylation sites (tertiary alicyclic amines) is 1. The van der Waals surface area contributed by atoms with Gasteiger partial charge in [0.15, 0.2) is 0 Å². The molecule has 1 aliphatic rings. The van der Waals surface area contributed by atoms with Gasteiger partial charge in [-0.1, -0.05) is 24.3 Å². The number of nitrogens with two attached hydrogens (primary N) is 1. The van der Waals surface area contributed by atoms with Crippen molar-refractivity contribution in [2.45, 2.75) is 25.8 Å². The molecule has 0 radical (unpaired) electrons. The van der Waals surface area contributed by atoms with Crippen LogP contribution >= 0.6 is 23.7 Å². The highest BCUT2D eigenvalue weighted by atomic mass is 35.5. The average Bonchev–Trinajstić information content (AvgIpc) is 2.97. The summed E-state index contributed by atoms with van der Waals surface area (Å²) in [4.78, 5) is 18.9. The monoisotopic (exact) mass is 337 g/mol. The Morgan fingerprint density at radius 3 is 2.68 bits per heavy atom. The van der Waals surface area contributed by atoms with Gasteiger partial charge in [0, 0.05) is 30.1 Å². The number of aromatic nitrogens is 1. The van der Waals surface area contributed by atoms with E-state index in [1.54, 1.807) is 0 Å². The van der Waals surface area contributed by atoms with E-state index in [0.717, 1.165) is 36.5 Å². The second kappa shape index (κ2) is 7.22. The number of hydrogen-bond donors (Lipinski definition) is 1. The summed E-state index contributed by atoms with van der Waals surface area (Å²) in [5.41, 5.74) is 8.71. The van der Waals surface area contributed by atoms with Crippen molar-refractivity contribution in [2.75, 3.05) is 13.1 Å². The molecule has 0 aliphatic carbocycles. The number of nitrogens with zero attached hydrogens (tertiary/aromatic N) is 2. The van der Waals surface area contributed by atoms with Crippen molar-refractivity contribution >= 4 is 29.7 Å². The predicted octanol–water partition coefficient (Wildman–Crippen LogP) is 3.10. The van der Waals surface area contributed by atoms with Gasteiger partial charge in [-0.25, -0.2) is 4.98 Å². The fraction of sp³-hybridized carbons (Fsp3) is 0.375. The third-order valence-electron chi connectivity index (χ3n) is 3.93. The molecule has 6 heteroatoms. The largest absolute Gasteiger partial charge is 0.337 e. The van der Waals surface area contributed by atoms with Gasteiger partial charge >= 0.3 is 0 Å². The van der Waals surface area contributed by atoms with Gasteiger partial charge in [0.2, 0.25) is 0 Å². The van der Waals surface area contributed by atoms with Crippen LogP contribution in [0.3, 0.4) is 0 Å². The zero-order valence-electron chi connectivity index (χ0n) is 12.5. The van der Waals surface area contributed by atoms with Crippen molar-refractivity contribution in [3.8, 4) is 10.6 Å². The highest BCUT2D eigenvalue weighted by Gasteiger charge is 2.23. The van der Waals surface area contributed by atoms with E-state index in [9.17, 15) is 4.79 Å². The molecule has 0 spiro atoms. The van der Waals surface area contributed by atoms with Gasteiger partial charge in [0.1, 0.15) is 10.7 Å². The number of amides is 1. The maximum absolute atomic E-state index is 12.5. The van der Waals surface area contributed by atoms with Crippen LogP contribution in [0.25, 0.3) is 10.6 Å². The van der Waals surface area contributed by atoms with Gasteiger partial charge in [0.05, 0.1) is 0 Å². The summed E-state index contributed by atoms with van der Waals surface area (Å²) < 4.78 is 0. The quantitative estimate of drug-likeness (QED) is 0.916. The molecule has 0 bridgehead atoms. The molecule has 1 aliphatic heterocycles. The number of rotatable bonds is 2. The highest BCUT2D eigenvalue weighted by Crippen LogP contribution is 2.27. The summed E-state index contributed by atoms with van der Waals surface area (Å²) in [6, 6.07) is 8.34. The Morgan fingerprint density at radius 2 is 2.00 bits per heavy atom. The Bertz CT molecular complexity index is 650. The summed E-state index contributed by atoms with van der Waals surface area (Å²) in [5.74, 6) is 0.0259. The standard InChI is InChI=1S/C16H19N3OS.ClH/c1-11-4-2-3-5-13(11)15-18-14(10-21-15)16(20)19-8-6-12(17)7-9-19;/h2-5,10,12H,6-9,17H2,1H3;1H. The van der Waals surface area contributed by atoms with Crippen LogP contribution in [0.5, 0.6) is 0 Å². The van der Waals surface area contributed by atoms with Gasteiger partial charge in [-0.15, -0.1) is 23.7 Å². The van der Waals surface area contributed by atoms with E-state index in [2.05, 4.69) is 18.0 Å². The van der Waals surface area contributed by atoms with Crippen LogP contribution in [-0.4, -0.2) is 34.9 Å². The molecule has 22 heavy (non-hydrogen) atoms. The van der Waals surface area contributed by atoms with E-state index >= 15 is 0 Å². The summed E-state index contributed by atoms with van der Waals surface area (Å²) in [7, 11) is 0. The lowest BCUT2D eigenvalue weighted by Crippen LogP contribution is -2.42. The van der Waals surface area contributed by atoms with E-state index in [1.165, 1.54) is 16.9 Å². The number of aryl methyl sites for hydroxylation is 1. The Hall–Kier alpha value is -1.43. The van der Waals surface area contributed by atoms with Crippen molar-refractivity contribution in [1.29, 1.82) is 0 Å². The van der Waals surface area contributed by atoms with Gasteiger partial charge < -0.3 is 10.6 Å². The molecule has 1 aromatic carbocycles. The molecule has 0 unspecified atom stereocenters. The normalized spacial score (nSPS) is 15.5. The van der Waals surface area contributed by atoms with Crippen LogP contribution in [0.2, 0.25) is 0 Å². The molecule has 0 saturated carbocycles. The number of carbonyl (C=O) groups excluding carboxylic acids is 1. The van der Waals surface area contributed by atoms with Crippen molar-refractivity contribution in [3.63, 3.8) is 0 Å². The number of thiazole rings is 1. The molecule has 2 N–H and O–H groups in total. The lowest BCUT2D eigenvalue weighted by atomic mass is 10.1. The van der Waals surface area contributed by atoms with Crippen LogP contribution < -0.4 is 5.73 Å². The third-order valence-corrected chi connectivity index (χ3v) is 4.80. The fourth-order valence-corrected chi connectivity index (χ4v) is 3.46. The smallest absolute Gasteiger partial charge is 0.273 e. The van der Waals surface area contributed by atoms with Gasteiger partial charge in [0.25, 0.3) is 5.91 Å². The van der Waals surface area contributed by atoms with Crippen LogP contribution in [0.1, 0.15) is 28.9 Å². The SMILES string of the molecule is Cc1ccccc1-c1nc(C(=O)N2CCC(N)CC2)cs1.Cl. The number of benzene rings is 1. The topological polar surface area (TPSA) is 59.2 Å². The molecule has 4 nitrogen and oxygen atoms in total. The number of hydrogen-bond acceptors (Lipinski definition) is 4. The summed E-state index contributed by atoms with van der Waals surface area (Å²) in [5, 5.41) is 2.77. The molecule has 0 atom stereocenters. The van der Waals surface area contributed by atoms with Gasteiger partial charge in [-0.05, 0) is 25.3 Å². The molecule has 1 fully saturated rings. The highest BCUT2D eigenvalue weighted by molar-refractivity contribution is 7.13. The number of carbonyl (C=O) groups is 1. The Kier molecular flexibility index (Phi) is 5.56. The minimum atomic E-state index is 0. The third kappa shape index (κ3) is 3.48. The summed E-state index contributed by atoms with van der Waals surface area (Å²) in [6.45, 7) is 3.53. The fourth-order valence-electron chi connectivity index (χ4n) is 2.57. The van der Waals surface area contributed by atoms with E-state index in [4.69, 9.17) is 5.73 Å². The van der Waals surface area contributed by atoms with Gasteiger partial charge in [-0.2, -0.15) is 0 Å². The maximum Gasteiger partial charge on any atom is 0.273 e. The number of piperidine rings is 1. The molecular weight excluding hydrogens is 318 g/mol. The molecule has 2 aromatic rings. The van der Waals surface area contributed by atoms with Crippen molar-refractivity contribution < 1.29 is 4.79 Å². The van der Waals surface area contributed by atoms with Crippen LogP contribution in [0, 0.1) is 6.92 Å². The first-order valence-electron chi connectivity index (χ1n) is 7.21. The van der Waals surface area contributed by atoms with Gasteiger partial charge in [-0.3, -0.25) is 4.79 Å². The van der Waals surface area contributed by atoms with Crippen LogP contribution in [0.15, 0.2) is 29.6 Å². The first-order valence-corrected chi connectivity index (χ1v) is 8.09. The Labute approximate surface area is 140 Å². The van der Waals surface area contributed by atoms with Crippen molar-refractivity contribution in [2.24, 2.45) is 5.73 Å². The lowest BCUT2D eigenvalue weighted by molar-refractivity contribution is 0.0709. The second-order valence-electron chi connectivity index (χ2n) is 5.48. The average molecular weight is 338 g/mol. The molecular formula is C16H20ClN3OS. The maximum atomic E-state index is 12.5. The minimum absolute atomic E-state index is 0. The Morgan fingerprint density at radius 1 is 1.32 bits per heavy atom. The van der Waals surface area contributed by atoms with Crippen molar-refractivity contribution in [3.05, 3.63) is 40.9 Å². The van der Waals surface area contributed by atoms with E-state index in [1.807, 2.05) is 28.5 Å². The lowest BCUT2D eigenvalue weighted by Gasteiger charge is -2.29. The molecule has 3 rings (SSSR count). The summed E-state index contributed by atoms with van der Waals surface area (Å²) in [6.07, 6.45) is 1.75. The minimum Gasteiger partial charge on any atom is -0.337 e. The van der Waals surface area contributed by atoms with Crippen molar-refractivity contribution in [1.82, 2.24) is 9.88 Å². The molecule has 118 valence electrons. The van der Waals surface area contributed by atoms with Crippen LogP contribution in [-0.2, 0) is 0 Å². The molecule has 1 saturated heterocycles. The molecule has 2 heterocycles. The second-order valence-corrected chi connectivity index (χ2v) is 6.34. The van der Waals surface area contributed by atoms with E-state index in [0.29, 0.717) is 5.69 Å². The van der Waals surface area contributed by atoms with E-state index < -0.39 is 0 Å². The molecule has 1 amide bonds. The van der Waals surface area contributed by atoms with Crippen LogP contribution in [0.4, 0.5) is 0 Å². The van der Waals surface area contributed by atoms with E-state index in [-0.39, 0.29) is 24.4 Å². The summed E-state index contributed by atoms with van der Waals surface area (Å²) >= 11 is 1.53. The first-order chi connectivity index (χ1) is 10.1.